The van der Waals surface area contributed by atoms with Gasteiger partial charge >= 0.3 is 0 Å². The highest BCUT2D eigenvalue weighted by atomic mass is 79.9. The monoisotopic (exact) mass is 518 g/mol. The van der Waals surface area contributed by atoms with Crippen molar-refractivity contribution in [3.63, 3.8) is 0 Å². The Hall–Kier alpha value is -3.42. The van der Waals surface area contributed by atoms with Crippen LogP contribution in [0, 0.1) is 5.92 Å². The van der Waals surface area contributed by atoms with E-state index in [2.05, 4.69) is 31.5 Å². The lowest BCUT2D eigenvalue weighted by Gasteiger charge is -2.19. The summed E-state index contributed by atoms with van der Waals surface area (Å²) in [5.41, 5.74) is 9.78. The van der Waals surface area contributed by atoms with Crippen LogP contribution in [0.15, 0.2) is 83.3 Å². The summed E-state index contributed by atoms with van der Waals surface area (Å²) in [6.45, 7) is 1.52. The third-order valence-corrected chi connectivity index (χ3v) is 6.44. The molecule has 3 aromatic rings. The molecule has 174 valence electrons. The molecule has 3 aromatic carbocycles. The number of rotatable bonds is 6. The first-order valence-corrected chi connectivity index (χ1v) is 11.9. The molecule has 1 heterocycles. The minimum atomic E-state index is -0.247. The molecule has 1 fully saturated rings. The zero-order valence-corrected chi connectivity index (χ0v) is 20.5. The van der Waals surface area contributed by atoms with Gasteiger partial charge < -0.3 is 21.3 Å². The van der Waals surface area contributed by atoms with Gasteiger partial charge in [0.1, 0.15) is 0 Å². The maximum absolute atomic E-state index is 13.1. The maximum atomic E-state index is 13.1. The molecular formula is C27H27BrN4O2. The normalized spacial score (nSPS) is 18.2. The van der Waals surface area contributed by atoms with E-state index in [1.54, 1.807) is 18.2 Å². The first kappa shape index (κ1) is 23.7. The maximum Gasteiger partial charge on any atom is 0.248 e. The molecular weight excluding hydrogens is 492 g/mol. The number of nitrogen functional groups attached to an aromatic ring is 1. The van der Waals surface area contributed by atoms with Crippen molar-refractivity contribution < 1.29 is 9.59 Å². The van der Waals surface area contributed by atoms with Crippen molar-refractivity contribution in [2.24, 2.45) is 5.92 Å². The highest BCUT2D eigenvalue weighted by Crippen LogP contribution is 2.33. The average molecular weight is 519 g/mol. The number of carbonyl (C=O) groups is 2. The van der Waals surface area contributed by atoms with Gasteiger partial charge in [0, 0.05) is 35.2 Å². The summed E-state index contributed by atoms with van der Waals surface area (Å²) in [5.74, 6) is -0.274. The molecule has 34 heavy (non-hydrogen) atoms. The lowest BCUT2D eigenvalue weighted by molar-refractivity contribution is -0.119. The van der Waals surface area contributed by atoms with Crippen molar-refractivity contribution in [2.45, 2.75) is 5.92 Å². The number of likely N-dealkylation sites (tertiary alicyclic amines) is 1. The molecule has 0 spiro atoms. The number of nitrogens with two attached hydrogens (primary N) is 1. The summed E-state index contributed by atoms with van der Waals surface area (Å²) in [4.78, 5) is 27.5. The Labute approximate surface area is 208 Å². The number of anilines is 3. The van der Waals surface area contributed by atoms with Crippen molar-refractivity contribution in [2.75, 3.05) is 36.5 Å². The van der Waals surface area contributed by atoms with Crippen molar-refractivity contribution in [3.05, 3.63) is 94.5 Å². The van der Waals surface area contributed by atoms with Crippen LogP contribution >= 0.6 is 15.9 Å². The first-order chi connectivity index (χ1) is 16.4. The molecule has 0 bridgehead atoms. The predicted molar refractivity (Wildman–Crippen MR) is 141 cm³/mol. The molecule has 2 unspecified atom stereocenters. The van der Waals surface area contributed by atoms with E-state index in [9.17, 15) is 9.59 Å². The molecule has 1 aliphatic heterocycles. The Morgan fingerprint density at radius 2 is 1.76 bits per heavy atom. The number of nitrogens with zero attached hydrogens (tertiary/aromatic N) is 1. The lowest BCUT2D eigenvalue weighted by atomic mass is 9.88. The van der Waals surface area contributed by atoms with Crippen LogP contribution < -0.4 is 16.4 Å². The van der Waals surface area contributed by atoms with Gasteiger partial charge in [0.25, 0.3) is 0 Å². The van der Waals surface area contributed by atoms with Gasteiger partial charge in [0.15, 0.2) is 0 Å². The zero-order chi connectivity index (χ0) is 24.1. The molecule has 0 aromatic heterocycles. The fraction of sp³-hybridized carbons (Fsp3) is 0.185. The molecule has 2 atom stereocenters. The summed E-state index contributed by atoms with van der Waals surface area (Å²) in [6, 6.07) is 22.8. The van der Waals surface area contributed by atoms with Gasteiger partial charge in [-0.25, -0.2) is 0 Å². The number of nitrogens with one attached hydrogen (secondary N) is 2. The molecule has 7 heteroatoms. The number of carbonyl (C=O) groups excluding carboxylic acids is 2. The van der Waals surface area contributed by atoms with Crippen LogP contribution in [0.2, 0.25) is 0 Å². The van der Waals surface area contributed by atoms with E-state index in [0.29, 0.717) is 17.9 Å². The third kappa shape index (κ3) is 5.92. The lowest BCUT2D eigenvalue weighted by Crippen LogP contribution is -2.28. The summed E-state index contributed by atoms with van der Waals surface area (Å²) in [6.07, 6.45) is 3.25. The standard InChI is InChI=1S/C27H27BrN4O2/c1-32-16-22(23(17-32)27(34)30-21-6-4-5-20(28)15-21)19-12-9-18(10-13-19)11-14-26(33)31-25-8-3-2-7-24(25)29/h2-15,22-23H,16-17,29H2,1H3,(H,30,34)(H,31,33). The smallest absolute Gasteiger partial charge is 0.248 e. The number of hydrogen-bond acceptors (Lipinski definition) is 4. The van der Waals surface area contributed by atoms with E-state index in [1.807, 2.05) is 67.7 Å². The predicted octanol–water partition coefficient (Wildman–Crippen LogP) is 4.97. The Morgan fingerprint density at radius 3 is 2.50 bits per heavy atom. The third-order valence-electron chi connectivity index (χ3n) is 5.94. The summed E-state index contributed by atoms with van der Waals surface area (Å²) < 4.78 is 0.926. The largest absolute Gasteiger partial charge is 0.397 e. The molecule has 0 saturated carbocycles. The zero-order valence-electron chi connectivity index (χ0n) is 18.9. The Kier molecular flexibility index (Phi) is 7.45. The number of amides is 2. The topological polar surface area (TPSA) is 87.5 Å². The van der Waals surface area contributed by atoms with E-state index >= 15 is 0 Å². The number of benzene rings is 3. The van der Waals surface area contributed by atoms with Crippen LogP contribution in [0.3, 0.4) is 0 Å². The van der Waals surface area contributed by atoms with Crippen molar-refractivity contribution in [1.82, 2.24) is 4.90 Å². The first-order valence-electron chi connectivity index (χ1n) is 11.1. The average Bonchev–Trinajstić information content (AvgIpc) is 3.21. The molecule has 4 N–H and O–H groups in total. The Balaban J connectivity index is 1.41. The number of hydrogen-bond donors (Lipinski definition) is 3. The van der Waals surface area contributed by atoms with Gasteiger partial charge in [-0.15, -0.1) is 0 Å². The Bertz CT molecular complexity index is 1210. The second kappa shape index (κ2) is 10.7. The summed E-state index contributed by atoms with van der Waals surface area (Å²) in [5, 5.41) is 5.83. The molecule has 1 saturated heterocycles. The van der Waals surface area contributed by atoms with E-state index in [1.165, 1.54) is 6.08 Å². The minimum absolute atomic E-state index is 0.0216. The molecule has 1 aliphatic rings. The molecule has 0 radical (unpaired) electrons. The van der Waals surface area contributed by atoms with E-state index in [-0.39, 0.29) is 23.7 Å². The Morgan fingerprint density at radius 1 is 1.00 bits per heavy atom. The van der Waals surface area contributed by atoms with Gasteiger partial charge in [-0.3, -0.25) is 9.59 Å². The van der Waals surface area contributed by atoms with Gasteiger partial charge in [0.05, 0.1) is 17.3 Å². The van der Waals surface area contributed by atoms with Crippen molar-refractivity contribution in [1.29, 1.82) is 0 Å². The van der Waals surface area contributed by atoms with Gasteiger partial charge in [-0.2, -0.15) is 0 Å². The highest BCUT2D eigenvalue weighted by molar-refractivity contribution is 9.10. The van der Waals surface area contributed by atoms with Crippen LogP contribution in [0.4, 0.5) is 17.1 Å². The van der Waals surface area contributed by atoms with Gasteiger partial charge in [-0.05, 0) is 54.6 Å². The quantitative estimate of drug-likeness (QED) is 0.317. The van der Waals surface area contributed by atoms with E-state index in [4.69, 9.17) is 5.73 Å². The van der Waals surface area contributed by atoms with E-state index in [0.717, 1.165) is 27.8 Å². The van der Waals surface area contributed by atoms with Gasteiger partial charge in [-0.1, -0.05) is 58.4 Å². The molecule has 4 rings (SSSR count). The SMILES string of the molecule is CN1CC(C(=O)Nc2cccc(Br)c2)C(c2ccc(C=CC(=O)Nc3ccccc3N)cc2)C1. The van der Waals surface area contributed by atoms with Crippen LogP contribution in [-0.4, -0.2) is 36.9 Å². The number of halogens is 1. The molecule has 2 amide bonds. The molecule has 0 aliphatic carbocycles. The van der Waals surface area contributed by atoms with Crippen LogP contribution in [0.5, 0.6) is 0 Å². The summed E-state index contributed by atoms with van der Waals surface area (Å²) >= 11 is 3.45. The van der Waals surface area contributed by atoms with Gasteiger partial charge in [0.2, 0.25) is 11.8 Å². The van der Waals surface area contributed by atoms with Crippen LogP contribution in [0.25, 0.3) is 6.08 Å². The molecule has 6 nitrogen and oxygen atoms in total. The fourth-order valence-electron chi connectivity index (χ4n) is 4.22. The highest BCUT2D eigenvalue weighted by Gasteiger charge is 2.37. The minimum Gasteiger partial charge on any atom is -0.397 e. The number of likely N-dealkylation sites (N-methyl/N-ethyl adjacent to an activating group) is 1. The summed E-state index contributed by atoms with van der Waals surface area (Å²) in [7, 11) is 2.04. The number of para-hydroxylation sites is 2. The van der Waals surface area contributed by atoms with Crippen molar-refractivity contribution >= 4 is 50.9 Å². The second-order valence-electron chi connectivity index (χ2n) is 8.51. The van der Waals surface area contributed by atoms with Crippen LogP contribution in [0.1, 0.15) is 17.0 Å². The van der Waals surface area contributed by atoms with Crippen molar-refractivity contribution in [3.8, 4) is 0 Å². The fourth-order valence-corrected chi connectivity index (χ4v) is 4.62. The van der Waals surface area contributed by atoms with E-state index < -0.39 is 0 Å². The van der Waals surface area contributed by atoms with Crippen LogP contribution in [-0.2, 0) is 9.59 Å². The second-order valence-corrected chi connectivity index (χ2v) is 9.43.